The zero-order valence-corrected chi connectivity index (χ0v) is 12.4. The van der Waals surface area contributed by atoms with E-state index in [1.54, 1.807) is 0 Å². The van der Waals surface area contributed by atoms with Crippen molar-refractivity contribution in [3.8, 4) is 0 Å². The van der Waals surface area contributed by atoms with E-state index in [4.69, 9.17) is 11.6 Å². The first-order valence-electron chi connectivity index (χ1n) is 7.80. The van der Waals surface area contributed by atoms with Crippen molar-refractivity contribution < 1.29 is 0 Å². The normalized spacial score (nSPS) is 28.7. The predicted molar refractivity (Wildman–Crippen MR) is 81.7 cm³/mol. The van der Waals surface area contributed by atoms with E-state index >= 15 is 0 Å². The third-order valence-electron chi connectivity index (χ3n) is 4.91. The molecule has 0 bridgehead atoms. The molecule has 1 saturated heterocycles. The Bertz CT molecular complexity index is 386. The molecule has 0 unspecified atom stereocenters. The summed E-state index contributed by atoms with van der Waals surface area (Å²) in [5, 5.41) is 0.849. The molecule has 0 N–H and O–H groups in total. The highest BCUT2D eigenvalue weighted by Crippen LogP contribution is 2.31. The van der Waals surface area contributed by atoms with Gasteiger partial charge in [-0.15, -0.1) is 0 Å². The number of rotatable bonds is 3. The smallest absolute Gasteiger partial charge is 0.0406 e. The summed E-state index contributed by atoms with van der Waals surface area (Å²) in [6.45, 7) is 2.71. The maximum atomic E-state index is 5.94. The molecule has 104 valence electrons. The fourth-order valence-corrected chi connectivity index (χ4v) is 3.90. The lowest BCUT2D eigenvalue weighted by atomic mass is 9.82. The molecule has 2 heteroatoms. The van der Waals surface area contributed by atoms with Gasteiger partial charge < -0.3 is 4.90 Å². The molecule has 0 spiro atoms. The molecule has 2 aliphatic rings. The van der Waals surface area contributed by atoms with Gasteiger partial charge >= 0.3 is 0 Å². The number of hydrogen-bond acceptors (Lipinski definition) is 1. The van der Waals surface area contributed by atoms with Crippen molar-refractivity contribution in [3.63, 3.8) is 0 Å². The first-order valence-corrected chi connectivity index (χ1v) is 8.17. The number of benzene rings is 1. The third-order valence-corrected chi connectivity index (χ3v) is 5.16. The molecule has 0 atom stereocenters. The molecule has 1 aliphatic carbocycles. The van der Waals surface area contributed by atoms with Gasteiger partial charge in [0.15, 0.2) is 0 Å². The Morgan fingerprint density at radius 2 is 1.58 bits per heavy atom. The van der Waals surface area contributed by atoms with Crippen LogP contribution in [0.15, 0.2) is 24.3 Å². The van der Waals surface area contributed by atoms with Crippen molar-refractivity contribution >= 4 is 11.6 Å². The summed E-state index contributed by atoms with van der Waals surface area (Å²) in [7, 11) is 0. The summed E-state index contributed by atoms with van der Waals surface area (Å²) in [5.74, 6) is 0.889. The Morgan fingerprint density at radius 3 is 2.21 bits per heavy atom. The average molecular weight is 278 g/mol. The molecule has 1 nitrogen and oxygen atoms in total. The first kappa shape index (κ1) is 13.5. The summed E-state index contributed by atoms with van der Waals surface area (Å²) in [6.07, 6.45) is 9.73. The van der Waals surface area contributed by atoms with Gasteiger partial charge in [-0.1, -0.05) is 23.7 Å². The van der Waals surface area contributed by atoms with Crippen LogP contribution >= 0.6 is 11.6 Å². The Labute approximate surface area is 121 Å². The van der Waals surface area contributed by atoms with Crippen molar-refractivity contribution in [1.29, 1.82) is 0 Å². The molecule has 0 radical (unpaired) electrons. The molecule has 3 rings (SSSR count). The Morgan fingerprint density at radius 1 is 0.947 bits per heavy atom. The quantitative estimate of drug-likeness (QED) is 0.784. The van der Waals surface area contributed by atoms with Crippen LogP contribution in [0.25, 0.3) is 0 Å². The summed E-state index contributed by atoms with van der Waals surface area (Å²) in [4.78, 5) is 2.73. The number of hydrogen-bond donors (Lipinski definition) is 0. The van der Waals surface area contributed by atoms with E-state index < -0.39 is 0 Å². The highest BCUT2D eigenvalue weighted by Gasteiger charge is 2.27. The zero-order valence-electron chi connectivity index (χ0n) is 11.7. The van der Waals surface area contributed by atoms with E-state index in [2.05, 4.69) is 17.0 Å². The van der Waals surface area contributed by atoms with Crippen LogP contribution in [0.2, 0.25) is 5.02 Å². The number of nitrogens with zero attached hydrogens (tertiary/aromatic N) is 1. The van der Waals surface area contributed by atoms with Gasteiger partial charge in [-0.05, 0) is 81.6 Å². The minimum absolute atomic E-state index is 0.849. The molecule has 2 fully saturated rings. The van der Waals surface area contributed by atoms with E-state index in [9.17, 15) is 0 Å². The second kappa shape index (κ2) is 6.28. The summed E-state index contributed by atoms with van der Waals surface area (Å²) in [5.41, 5.74) is 1.45. The third kappa shape index (κ3) is 3.52. The highest BCUT2D eigenvalue weighted by atomic mass is 35.5. The maximum absolute atomic E-state index is 5.94. The highest BCUT2D eigenvalue weighted by molar-refractivity contribution is 6.30. The predicted octanol–water partition coefficient (Wildman–Crippen LogP) is 4.54. The molecule has 0 amide bonds. The second-order valence-electron chi connectivity index (χ2n) is 6.25. The Balaban J connectivity index is 1.48. The van der Waals surface area contributed by atoms with Crippen LogP contribution in [0.5, 0.6) is 0 Å². The lowest BCUT2D eigenvalue weighted by Crippen LogP contribution is -2.36. The number of likely N-dealkylation sites (tertiary alicyclic amines) is 1. The molecular weight excluding hydrogens is 254 g/mol. The van der Waals surface area contributed by atoms with Gasteiger partial charge in [0, 0.05) is 11.1 Å². The van der Waals surface area contributed by atoms with Gasteiger partial charge in [-0.25, -0.2) is 0 Å². The average Bonchev–Trinajstić information content (AvgIpc) is 2.96. The van der Waals surface area contributed by atoms with Gasteiger partial charge in [0.25, 0.3) is 0 Å². The van der Waals surface area contributed by atoms with E-state index in [0.717, 1.165) is 17.0 Å². The minimum atomic E-state index is 0.849. The standard InChI is InChI=1S/C17H24ClN/c18-16-7-3-14(4-8-16)13-15-5-9-17(10-6-15)19-11-1-2-12-19/h3-4,7-8,15,17H,1-2,5-6,9-13H2. The monoisotopic (exact) mass is 277 g/mol. The van der Waals surface area contributed by atoms with Crippen LogP contribution in [0.3, 0.4) is 0 Å². The molecule has 1 heterocycles. The summed E-state index contributed by atoms with van der Waals surface area (Å²) >= 11 is 5.94. The largest absolute Gasteiger partial charge is 0.300 e. The van der Waals surface area contributed by atoms with E-state index in [0.29, 0.717) is 0 Å². The topological polar surface area (TPSA) is 3.24 Å². The molecule has 0 aromatic heterocycles. The van der Waals surface area contributed by atoms with E-state index in [-0.39, 0.29) is 0 Å². The Kier molecular flexibility index (Phi) is 4.45. The van der Waals surface area contributed by atoms with Crippen LogP contribution in [0, 0.1) is 5.92 Å². The summed E-state index contributed by atoms with van der Waals surface area (Å²) < 4.78 is 0. The fourth-order valence-electron chi connectivity index (χ4n) is 3.77. The van der Waals surface area contributed by atoms with E-state index in [1.165, 1.54) is 63.6 Å². The van der Waals surface area contributed by atoms with Crippen molar-refractivity contribution in [1.82, 2.24) is 4.90 Å². The van der Waals surface area contributed by atoms with Crippen LogP contribution in [-0.2, 0) is 6.42 Å². The SMILES string of the molecule is Clc1ccc(CC2CCC(N3CCCC3)CC2)cc1. The molecule has 1 aromatic carbocycles. The minimum Gasteiger partial charge on any atom is -0.300 e. The van der Waals surface area contributed by atoms with Crippen molar-refractivity contribution in [2.75, 3.05) is 13.1 Å². The fraction of sp³-hybridized carbons (Fsp3) is 0.647. The van der Waals surface area contributed by atoms with Crippen molar-refractivity contribution in [2.24, 2.45) is 5.92 Å². The lowest BCUT2D eigenvalue weighted by Gasteiger charge is -2.34. The first-order chi connectivity index (χ1) is 9.31. The molecule has 1 aromatic rings. The van der Waals surface area contributed by atoms with Crippen molar-refractivity contribution in [3.05, 3.63) is 34.9 Å². The van der Waals surface area contributed by atoms with Gasteiger partial charge in [-0.3, -0.25) is 0 Å². The van der Waals surface area contributed by atoms with E-state index in [1.807, 2.05) is 12.1 Å². The van der Waals surface area contributed by atoms with Gasteiger partial charge in [-0.2, -0.15) is 0 Å². The zero-order chi connectivity index (χ0) is 13.1. The molecule has 1 saturated carbocycles. The number of halogens is 1. The van der Waals surface area contributed by atoms with Gasteiger partial charge in [0.2, 0.25) is 0 Å². The maximum Gasteiger partial charge on any atom is 0.0406 e. The van der Waals surface area contributed by atoms with Crippen molar-refractivity contribution in [2.45, 2.75) is 51.0 Å². The van der Waals surface area contributed by atoms with Gasteiger partial charge in [0.05, 0.1) is 0 Å². The van der Waals surface area contributed by atoms with Crippen LogP contribution in [0.1, 0.15) is 44.1 Å². The van der Waals surface area contributed by atoms with Crippen LogP contribution in [-0.4, -0.2) is 24.0 Å². The molecule has 19 heavy (non-hydrogen) atoms. The second-order valence-corrected chi connectivity index (χ2v) is 6.68. The summed E-state index contributed by atoms with van der Waals surface area (Å²) in [6, 6.07) is 9.31. The molecule has 1 aliphatic heterocycles. The Hall–Kier alpha value is -0.530. The van der Waals surface area contributed by atoms with Gasteiger partial charge in [0.1, 0.15) is 0 Å². The molecular formula is C17H24ClN. The van der Waals surface area contributed by atoms with Crippen LogP contribution in [0.4, 0.5) is 0 Å². The van der Waals surface area contributed by atoms with Crippen LogP contribution < -0.4 is 0 Å². The lowest BCUT2D eigenvalue weighted by molar-refractivity contribution is 0.164.